The number of hydrogen-bond acceptors (Lipinski definition) is 8. The van der Waals surface area contributed by atoms with Crippen LogP contribution < -0.4 is 10.5 Å². The molecule has 0 N–H and O–H groups in total. The van der Waals surface area contributed by atoms with Gasteiger partial charge in [-0.15, -0.1) is 0 Å². The van der Waals surface area contributed by atoms with Gasteiger partial charge in [0.15, 0.2) is 18.0 Å². The van der Waals surface area contributed by atoms with Gasteiger partial charge in [0.05, 0.1) is 23.1 Å². The van der Waals surface area contributed by atoms with Gasteiger partial charge in [-0.05, 0) is 29.8 Å². The van der Waals surface area contributed by atoms with Gasteiger partial charge < -0.3 is 13.9 Å². The van der Waals surface area contributed by atoms with Crippen molar-refractivity contribution in [3.05, 3.63) is 68.2 Å². The lowest BCUT2D eigenvalue weighted by atomic mass is 10.1. The third-order valence-corrected chi connectivity index (χ3v) is 4.53. The molecule has 0 aliphatic carbocycles. The van der Waals surface area contributed by atoms with Crippen molar-refractivity contribution in [2.75, 3.05) is 13.2 Å². The Balaban J connectivity index is 1.43. The molecule has 4 rings (SSSR count). The summed E-state index contributed by atoms with van der Waals surface area (Å²) < 4.78 is 16.3. The van der Waals surface area contributed by atoms with Crippen molar-refractivity contribution in [2.45, 2.75) is 13.0 Å². The molecule has 0 radical (unpaired) electrons. The van der Waals surface area contributed by atoms with Crippen LogP contribution in [0.5, 0.6) is 5.75 Å². The van der Waals surface area contributed by atoms with Crippen molar-refractivity contribution in [3.8, 4) is 5.75 Å². The lowest BCUT2D eigenvalue weighted by Crippen LogP contribution is -2.23. The fraction of sp³-hybridized carbons (Fsp3) is 0.211. The lowest BCUT2D eigenvalue weighted by Gasteiger charge is -2.06. The number of benzene rings is 2. The Labute approximate surface area is 162 Å². The number of aromatic nitrogens is 1. The Morgan fingerprint density at radius 3 is 2.83 bits per heavy atom. The van der Waals surface area contributed by atoms with Crippen LogP contribution >= 0.6 is 0 Å². The maximum atomic E-state index is 12.3. The minimum absolute atomic E-state index is 0.0200. The van der Waals surface area contributed by atoms with Gasteiger partial charge in [0.1, 0.15) is 12.3 Å². The summed E-state index contributed by atoms with van der Waals surface area (Å²) in [6.45, 7) is -0.401. The first-order valence-electron chi connectivity index (χ1n) is 8.65. The molecule has 148 valence electrons. The van der Waals surface area contributed by atoms with Gasteiger partial charge in [-0.25, -0.2) is 4.79 Å². The van der Waals surface area contributed by atoms with E-state index in [4.69, 9.17) is 13.9 Å². The summed E-state index contributed by atoms with van der Waals surface area (Å²) in [5.41, 5.74) is 1.27. The van der Waals surface area contributed by atoms with E-state index in [1.165, 1.54) is 12.1 Å². The highest BCUT2D eigenvalue weighted by Gasteiger charge is 2.19. The molecule has 0 atom stereocenters. The molecule has 1 aliphatic rings. The SMILES string of the molecule is O=C(Cn1c(=O)oc2cc([N+](=O)[O-])ccc21)OCC(=O)c1ccc2c(c1)CCO2. The minimum Gasteiger partial charge on any atom is -0.493 e. The molecule has 0 fully saturated rings. The van der Waals surface area contributed by atoms with Crippen molar-refractivity contribution in [1.82, 2.24) is 4.57 Å². The van der Waals surface area contributed by atoms with Gasteiger partial charge in [0.2, 0.25) is 0 Å². The number of rotatable bonds is 6. The maximum absolute atomic E-state index is 12.3. The second kappa shape index (κ2) is 7.23. The maximum Gasteiger partial charge on any atom is 0.420 e. The van der Waals surface area contributed by atoms with Crippen LogP contribution in [0.2, 0.25) is 0 Å². The number of non-ortho nitro benzene ring substituents is 1. The van der Waals surface area contributed by atoms with Crippen LogP contribution in [0.15, 0.2) is 45.6 Å². The Hall–Kier alpha value is -3.95. The van der Waals surface area contributed by atoms with Gasteiger partial charge >= 0.3 is 11.7 Å². The van der Waals surface area contributed by atoms with E-state index in [-0.39, 0.29) is 22.6 Å². The summed E-state index contributed by atoms with van der Waals surface area (Å²) >= 11 is 0. The first-order chi connectivity index (χ1) is 13.9. The summed E-state index contributed by atoms with van der Waals surface area (Å²) in [7, 11) is 0. The lowest BCUT2D eigenvalue weighted by molar-refractivity contribution is -0.384. The molecule has 0 amide bonds. The summed E-state index contributed by atoms with van der Waals surface area (Å²) in [5.74, 6) is -1.31. The molecule has 2 aromatic carbocycles. The number of carbonyl (C=O) groups is 2. The van der Waals surface area contributed by atoms with Crippen LogP contribution in [0.4, 0.5) is 5.69 Å². The molecular formula is C19H14N2O8. The highest BCUT2D eigenvalue weighted by Crippen LogP contribution is 2.26. The van der Waals surface area contributed by atoms with Gasteiger partial charge in [0, 0.05) is 18.1 Å². The van der Waals surface area contributed by atoms with E-state index in [9.17, 15) is 24.5 Å². The fourth-order valence-corrected chi connectivity index (χ4v) is 3.08. The Morgan fingerprint density at radius 1 is 1.21 bits per heavy atom. The Morgan fingerprint density at radius 2 is 2.03 bits per heavy atom. The number of nitrogens with zero attached hydrogens (tertiary/aromatic N) is 2. The first kappa shape index (κ1) is 18.4. The number of Topliss-reactive ketones (excluding diaryl/α,β-unsaturated/α-hetero) is 1. The van der Waals surface area contributed by atoms with E-state index in [0.717, 1.165) is 21.9 Å². The number of oxazole rings is 1. The van der Waals surface area contributed by atoms with Gasteiger partial charge in [-0.3, -0.25) is 24.3 Å². The largest absolute Gasteiger partial charge is 0.493 e. The molecule has 0 spiro atoms. The van der Waals surface area contributed by atoms with E-state index in [1.807, 2.05) is 0 Å². The average molecular weight is 398 g/mol. The van der Waals surface area contributed by atoms with Crippen molar-refractivity contribution >= 4 is 28.5 Å². The van der Waals surface area contributed by atoms with Crippen molar-refractivity contribution in [2.24, 2.45) is 0 Å². The van der Waals surface area contributed by atoms with E-state index < -0.39 is 29.8 Å². The van der Waals surface area contributed by atoms with E-state index in [0.29, 0.717) is 18.6 Å². The smallest absolute Gasteiger partial charge is 0.420 e. The minimum atomic E-state index is -0.859. The van der Waals surface area contributed by atoms with Crippen LogP contribution in [0, 0.1) is 10.1 Å². The quantitative estimate of drug-likeness (QED) is 0.266. The topological polar surface area (TPSA) is 131 Å². The number of esters is 1. The highest BCUT2D eigenvalue weighted by atomic mass is 16.6. The molecule has 10 nitrogen and oxygen atoms in total. The van der Waals surface area contributed by atoms with E-state index in [2.05, 4.69) is 0 Å². The van der Waals surface area contributed by atoms with Crippen LogP contribution in [0.3, 0.4) is 0 Å². The monoisotopic (exact) mass is 398 g/mol. The summed E-state index contributed by atoms with van der Waals surface area (Å²) in [6.07, 6.45) is 0.713. The van der Waals surface area contributed by atoms with Gasteiger partial charge in [0.25, 0.3) is 5.69 Å². The van der Waals surface area contributed by atoms with Gasteiger partial charge in [-0.2, -0.15) is 0 Å². The standard InChI is InChI=1S/C19H14N2O8/c22-15(11-1-4-16-12(7-11)5-6-27-16)10-28-18(23)9-20-14-3-2-13(21(25)26)8-17(14)29-19(20)24/h1-4,7-8H,5-6,9-10H2. The molecule has 0 bridgehead atoms. The zero-order chi connectivity index (χ0) is 20.5. The molecule has 0 unspecified atom stereocenters. The Kier molecular flexibility index (Phi) is 4.59. The predicted molar refractivity (Wildman–Crippen MR) is 98.1 cm³/mol. The number of hydrogen-bond donors (Lipinski definition) is 0. The van der Waals surface area contributed by atoms with Crippen LogP contribution in [-0.2, 0) is 22.5 Å². The molecule has 0 saturated heterocycles. The summed E-state index contributed by atoms with van der Waals surface area (Å²) in [4.78, 5) is 46.5. The normalized spacial score (nSPS) is 12.4. The molecule has 2 heterocycles. The zero-order valence-electron chi connectivity index (χ0n) is 15.0. The zero-order valence-corrected chi connectivity index (χ0v) is 15.0. The van der Waals surface area contributed by atoms with Crippen molar-refractivity contribution < 1.29 is 28.4 Å². The second-order valence-corrected chi connectivity index (χ2v) is 6.37. The van der Waals surface area contributed by atoms with Crippen molar-refractivity contribution in [3.63, 3.8) is 0 Å². The molecule has 0 saturated carbocycles. The average Bonchev–Trinajstić information content (AvgIpc) is 3.29. The molecule has 3 aromatic rings. The number of ether oxygens (including phenoxy) is 2. The second-order valence-electron chi connectivity index (χ2n) is 6.37. The molecule has 1 aliphatic heterocycles. The molecular weight excluding hydrogens is 384 g/mol. The van der Waals surface area contributed by atoms with Crippen LogP contribution in [0.1, 0.15) is 15.9 Å². The number of fused-ring (bicyclic) bond motifs is 2. The van der Waals surface area contributed by atoms with Gasteiger partial charge in [-0.1, -0.05) is 0 Å². The number of ketones is 1. The predicted octanol–water partition coefficient (Wildman–Crippen LogP) is 1.86. The number of nitro benzene ring substituents is 1. The third-order valence-electron chi connectivity index (χ3n) is 4.53. The first-order valence-corrected chi connectivity index (χ1v) is 8.65. The highest BCUT2D eigenvalue weighted by molar-refractivity contribution is 5.98. The number of carbonyl (C=O) groups excluding carboxylic acids is 2. The summed E-state index contributed by atoms with van der Waals surface area (Å²) in [6, 6.07) is 8.61. The summed E-state index contributed by atoms with van der Waals surface area (Å²) in [5, 5.41) is 10.8. The van der Waals surface area contributed by atoms with E-state index >= 15 is 0 Å². The third kappa shape index (κ3) is 3.59. The van der Waals surface area contributed by atoms with Crippen molar-refractivity contribution in [1.29, 1.82) is 0 Å². The van der Waals surface area contributed by atoms with Crippen LogP contribution in [-0.4, -0.2) is 34.5 Å². The molecule has 10 heteroatoms. The van der Waals surface area contributed by atoms with E-state index in [1.54, 1.807) is 18.2 Å². The molecule has 29 heavy (non-hydrogen) atoms. The molecule has 1 aromatic heterocycles. The fourth-order valence-electron chi connectivity index (χ4n) is 3.08. The Bertz CT molecular complexity index is 1210. The van der Waals surface area contributed by atoms with Crippen LogP contribution in [0.25, 0.3) is 11.1 Å². The number of nitro groups is 1.